The molecule has 1 N–H and O–H groups in total. The Kier molecular flexibility index (Phi) is 4.43. The Morgan fingerprint density at radius 3 is 2.85 bits per heavy atom. The van der Waals surface area contributed by atoms with Gasteiger partial charge >= 0.3 is 0 Å². The summed E-state index contributed by atoms with van der Waals surface area (Å²) in [5, 5.41) is 4.27. The van der Waals surface area contributed by atoms with Gasteiger partial charge in [-0.2, -0.15) is 9.82 Å². The van der Waals surface area contributed by atoms with E-state index in [-0.39, 0.29) is 10.8 Å². The predicted octanol–water partition coefficient (Wildman–Crippen LogP) is 1.14. The molecule has 1 aromatic carbocycles. The van der Waals surface area contributed by atoms with Gasteiger partial charge in [0.1, 0.15) is 17.6 Å². The van der Waals surface area contributed by atoms with Crippen LogP contribution in [0.1, 0.15) is 24.1 Å². The van der Waals surface area contributed by atoms with Crippen molar-refractivity contribution in [2.24, 2.45) is 7.05 Å². The number of ether oxygens (including phenoxy) is 1. The van der Waals surface area contributed by atoms with E-state index < -0.39 is 16.1 Å². The number of aromatic nitrogens is 2. The van der Waals surface area contributed by atoms with Crippen LogP contribution in [0.15, 0.2) is 29.2 Å². The Hall–Kier alpha value is -2.39. The number of carbonyl (C=O) groups is 1. The number of nitrogens with zero attached hydrogens (tertiary/aromatic N) is 3. The lowest BCUT2D eigenvalue weighted by Gasteiger charge is -2.32. The summed E-state index contributed by atoms with van der Waals surface area (Å²) in [5.74, 6) is 1.15. The maximum absolute atomic E-state index is 12.9. The van der Waals surface area contributed by atoms with E-state index in [1.807, 2.05) is 13.0 Å². The highest BCUT2D eigenvalue weighted by Gasteiger charge is 2.34. The fourth-order valence-electron chi connectivity index (χ4n) is 3.65. The molecular weight excluding hydrogens is 368 g/mol. The predicted molar refractivity (Wildman–Crippen MR) is 99.3 cm³/mol. The number of hydrogen-bond acceptors (Lipinski definition) is 5. The van der Waals surface area contributed by atoms with Crippen LogP contribution in [-0.4, -0.2) is 43.3 Å². The van der Waals surface area contributed by atoms with E-state index in [1.165, 1.54) is 6.07 Å². The molecule has 1 fully saturated rings. The topological polar surface area (TPSA) is 93.5 Å². The molecule has 8 nitrogen and oxygen atoms in total. The molecule has 9 heteroatoms. The number of nitrogens with one attached hydrogen (secondary N) is 1. The summed E-state index contributed by atoms with van der Waals surface area (Å²) in [5.41, 5.74) is 1.68. The van der Waals surface area contributed by atoms with Crippen molar-refractivity contribution < 1.29 is 17.9 Å². The van der Waals surface area contributed by atoms with Gasteiger partial charge in [0.15, 0.2) is 0 Å². The molecule has 144 valence electrons. The average molecular weight is 390 g/mol. The van der Waals surface area contributed by atoms with Crippen LogP contribution in [0.25, 0.3) is 0 Å². The Morgan fingerprint density at radius 1 is 1.30 bits per heavy atom. The molecule has 0 bridgehead atoms. The van der Waals surface area contributed by atoms with Crippen molar-refractivity contribution in [3.63, 3.8) is 0 Å². The zero-order valence-corrected chi connectivity index (χ0v) is 16.1. The Labute approximate surface area is 158 Å². The first kappa shape index (κ1) is 18.0. The first-order valence-corrected chi connectivity index (χ1v) is 10.4. The van der Waals surface area contributed by atoms with Crippen molar-refractivity contribution in [1.29, 1.82) is 0 Å². The number of sulfonamides is 1. The number of benzene rings is 1. The number of amides is 1. The van der Waals surface area contributed by atoms with Crippen LogP contribution in [0.5, 0.6) is 5.75 Å². The Morgan fingerprint density at radius 2 is 2.11 bits per heavy atom. The van der Waals surface area contributed by atoms with Gasteiger partial charge in [0.2, 0.25) is 15.9 Å². The van der Waals surface area contributed by atoms with Crippen LogP contribution in [0.4, 0.5) is 5.82 Å². The number of carbonyl (C=O) groups excluding carboxylic acids is 1. The first-order chi connectivity index (χ1) is 12.8. The summed E-state index contributed by atoms with van der Waals surface area (Å²) in [6, 6.07) is 5.85. The number of hydrogen-bond donors (Lipinski definition) is 1. The molecule has 1 saturated heterocycles. The number of anilines is 1. The smallest absolute Gasteiger partial charge is 0.246 e. The molecule has 0 unspecified atom stereocenters. The fraction of sp³-hybridized carbons (Fsp3) is 0.444. The van der Waals surface area contributed by atoms with Crippen LogP contribution >= 0.6 is 0 Å². The highest BCUT2D eigenvalue weighted by Crippen LogP contribution is 2.28. The molecule has 0 spiro atoms. The molecule has 4 rings (SSSR count). The SMILES string of the molecule is Cc1cc(N2CCC[C@@H](NS(=O)(=O)c3ccc4c(c3)CCO4)C2=O)n(C)n1. The van der Waals surface area contributed by atoms with E-state index in [9.17, 15) is 13.2 Å². The number of rotatable bonds is 4. The molecular formula is C18H22N4O4S. The van der Waals surface area contributed by atoms with E-state index >= 15 is 0 Å². The van der Waals surface area contributed by atoms with Crippen LogP contribution in [0.3, 0.4) is 0 Å². The van der Waals surface area contributed by atoms with Crippen molar-refractivity contribution in [2.45, 2.75) is 37.1 Å². The molecule has 2 aromatic rings. The second-order valence-electron chi connectivity index (χ2n) is 6.94. The van der Waals surface area contributed by atoms with Gasteiger partial charge in [0.25, 0.3) is 0 Å². The van der Waals surface area contributed by atoms with Crippen molar-refractivity contribution in [3.8, 4) is 5.75 Å². The van der Waals surface area contributed by atoms with Gasteiger partial charge < -0.3 is 4.74 Å². The number of fused-ring (bicyclic) bond motifs is 1. The molecule has 3 heterocycles. The second-order valence-corrected chi connectivity index (χ2v) is 8.66. The summed E-state index contributed by atoms with van der Waals surface area (Å²) < 4.78 is 35.3. The van der Waals surface area contributed by atoms with Gasteiger partial charge in [-0.3, -0.25) is 14.4 Å². The maximum atomic E-state index is 12.9. The van der Waals surface area contributed by atoms with Gasteiger partial charge in [-0.05, 0) is 43.5 Å². The van der Waals surface area contributed by atoms with Crippen molar-refractivity contribution in [3.05, 3.63) is 35.5 Å². The van der Waals surface area contributed by atoms with Crippen molar-refractivity contribution in [2.75, 3.05) is 18.1 Å². The van der Waals surface area contributed by atoms with Gasteiger partial charge in [0, 0.05) is 26.1 Å². The third kappa shape index (κ3) is 3.32. The van der Waals surface area contributed by atoms with Crippen LogP contribution in [-0.2, 0) is 28.3 Å². The first-order valence-electron chi connectivity index (χ1n) is 8.95. The van der Waals surface area contributed by atoms with Crippen LogP contribution < -0.4 is 14.4 Å². The highest BCUT2D eigenvalue weighted by atomic mass is 32.2. The Balaban J connectivity index is 1.56. The molecule has 27 heavy (non-hydrogen) atoms. The molecule has 0 radical (unpaired) electrons. The molecule has 0 aliphatic carbocycles. The van der Waals surface area contributed by atoms with Gasteiger partial charge in [-0.1, -0.05) is 0 Å². The third-order valence-electron chi connectivity index (χ3n) is 4.96. The molecule has 2 aliphatic rings. The maximum Gasteiger partial charge on any atom is 0.246 e. The minimum atomic E-state index is -3.80. The van der Waals surface area contributed by atoms with Gasteiger partial charge in [0.05, 0.1) is 17.2 Å². The third-order valence-corrected chi connectivity index (χ3v) is 6.43. The molecule has 0 saturated carbocycles. The monoisotopic (exact) mass is 390 g/mol. The summed E-state index contributed by atoms with van der Waals surface area (Å²) in [6.07, 6.45) is 1.87. The molecule has 1 aromatic heterocycles. The molecule has 2 aliphatic heterocycles. The zero-order valence-electron chi connectivity index (χ0n) is 15.3. The van der Waals surface area contributed by atoms with Gasteiger partial charge in [-0.25, -0.2) is 8.42 Å². The van der Waals surface area contributed by atoms with Crippen LogP contribution in [0.2, 0.25) is 0 Å². The van der Waals surface area contributed by atoms with E-state index in [2.05, 4.69) is 9.82 Å². The number of piperidine rings is 1. The Bertz CT molecular complexity index is 999. The zero-order chi connectivity index (χ0) is 19.2. The summed E-state index contributed by atoms with van der Waals surface area (Å²) in [7, 11) is -2.03. The van der Waals surface area contributed by atoms with E-state index in [0.717, 1.165) is 17.0 Å². The fourth-order valence-corrected chi connectivity index (χ4v) is 4.92. The summed E-state index contributed by atoms with van der Waals surface area (Å²) in [6.45, 7) is 2.97. The second kappa shape index (κ2) is 6.65. The van der Waals surface area contributed by atoms with E-state index in [0.29, 0.717) is 38.2 Å². The lowest BCUT2D eigenvalue weighted by molar-refractivity contribution is -0.121. The minimum Gasteiger partial charge on any atom is -0.493 e. The lowest BCUT2D eigenvalue weighted by atomic mass is 10.1. The average Bonchev–Trinajstić information content (AvgIpc) is 3.21. The largest absolute Gasteiger partial charge is 0.493 e. The molecule has 1 amide bonds. The van der Waals surface area contributed by atoms with Crippen molar-refractivity contribution >= 4 is 21.7 Å². The summed E-state index contributed by atoms with van der Waals surface area (Å²) in [4.78, 5) is 14.7. The highest BCUT2D eigenvalue weighted by molar-refractivity contribution is 7.89. The van der Waals surface area contributed by atoms with Crippen LogP contribution in [0, 0.1) is 6.92 Å². The quantitative estimate of drug-likeness (QED) is 0.845. The van der Waals surface area contributed by atoms with E-state index in [1.54, 1.807) is 28.8 Å². The lowest BCUT2D eigenvalue weighted by Crippen LogP contribution is -2.52. The standard InChI is InChI=1S/C18H22N4O4S/c1-12-10-17(21(2)19-12)22-8-3-4-15(18(22)23)20-27(24,25)14-5-6-16-13(11-14)7-9-26-16/h5-6,10-11,15,20H,3-4,7-9H2,1-2H3/t15-/m1/s1. The minimum absolute atomic E-state index is 0.160. The molecule has 1 atom stereocenters. The normalized spacial score (nSPS) is 19.9. The van der Waals surface area contributed by atoms with Gasteiger partial charge in [-0.15, -0.1) is 0 Å². The van der Waals surface area contributed by atoms with Crippen molar-refractivity contribution in [1.82, 2.24) is 14.5 Å². The van der Waals surface area contributed by atoms with E-state index in [4.69, 9.17) is 4.74 Å². The summed E-state index contributed by atoms with van der Waals surface area (Å²) >= 11 is 0. The number of aryl methyl sites for hydroxylation is 2.